The van der Waals surface area contributed by atoms with Crippen LogP contribution in [-0.4, -0.2) is 30.3 Å². The summed E-state index contributed by atoms with van der Waals surface area (Å²) in [5, 5.41) is 14.3. The number of carbonyl (C=O) groups is 1. The van der Waals surface area contributed by atoms with E-state index in [1.54, 1.807) is 29.2 Å². The molecule has 0 aliphatic carbocycles. The van der Waals surface area contributed by atoms with E-state index >= 15 is 0 Å². The van der Waals surface area contributed by atoms with Crippen LogP contribution in [0.4, 0.5) is 13.2 Å². The van der Waals surface area contributed by atoms with E-state index < -0.39 is 34.0 Å². The molecule has 1 N–H and O–H groups in total. The van der Waals surface area contributed by atoms with Crippen molar-refractivity contribution in [2.24, 2.45) is 0 Å². The first-order chi connectivity index (χ1) is 14.9. The summed E-state index contributed by atoms with van der Waals surface area (Å²) in [7, 11) is -4.25. The number of aliphatic carboxylic acids is 1. The van der Waals surface area contributed by atoms with Crippen molar-refractivity contribution in [3.63, 3.8) is 0 Å². The number of alkyl halides is 3. The largest absolute Gasteiger partial charge is 1.00 e. The number of halogens is 3. The molecule has 0 aliphatic heterocycles. The van der Waals surface area contributed by atoms with Crippen molar-refractivity contribution < 1.29 is 65.9 Å². The number of carbonyl (C=O) groups excluding carboxylic acids is 1. The van der Waals surface area contributed by atoms with Crippen molar-refractivity contribution >= 4 is 16.0 Å². The van der Waals surface area contributed by atoms with Gasteiger partial charge in [0, 0.05) is 5.56 Å². The molecule has 1 unspecified atom stereocenters. The average molecular weight is 491 g/mol. The SMILES string of the molecule is Cc1ccc(-c2cc(C(F)(F)F)nn2-c2ccc(S(=O)(=O)NOC(C)C(=O)[O-])cc2)cc1.[Na+]. The fraction of sp³-hybridized carbons (Fsp3) is 0.200. The summed E-state index contributed by atoms with van der Waals surface area (Å²) in [5.41, 5.74) is 0.655. The number of aryl methyl sites for hydroxylation is 1. The normalized spacial score (nSPS) is 12.8. The van der Waals surface area contributed by atoms with E-state index in [9.17, 15) is 31.5 Å². The second kappa shape index (κ2) is 10.4. The fourth-order valence-electron chi connectivity index (χ4n) is 2.64. The monoisotopic (exact) mass is 491 g/mol. The van der Waals surface area contributed by atoms with Crippen LogP contribution in [0, 0.1) is 6.92 Å². The van der Waals surface area contributed by atoms with E-state index in [1.807, 2.05) is 6.92 Å². The molecule has 170 valence electrons. The number of carboxylic acids is 1. The van der Waals surface area contributed by atoms with Crippen molar-refractivity contribution in [2.45, 2.75) is 31.0 Å². The van der Waals surface area contributed by atoms with Gasteiger partial charge in [0.15, 0.2) is 5.69 Å². The van der Waals surface area contributed by atoms with Crippen LogP contribution < -0.4 is 39.5 Å². The van der Waals surface area contributed by atoms with Gasteiger partial charge in [0.25, 0.3) is 10.0 Å². The first-order valence-corrected chi connectivity index (χ1v) is 10.6. The topological polar surface area (TPSA) is 113 Å². The van der Waals surface area contributed by atoms with Crippen LogP contribution in [0.1, 0.15) is 18.2 Å². The molecule has 0 radical (unpaired) electrons. The van der Waals surface area contributed by atoms with Crippen LogP contribution in [0.15, 0.2) is 59.5 Å². The van der Waals surface area contributed by atoms with Crippen molar-refractivity contribution in [3.05, 3.63) is 65.9 Å². The van der Waals surface area contributed by atoms with E-state index in [1.165, 1.54) is 12.1 Å². The number of aromatic nitrogens is 2. The Morgan fingerprint density at radius 3 is 2.21 bits per heavy atom. The molecule has 3 aromatic rings. The molecule has 0 aliphatic rings. The Morgan fingerprint density at radius 1 is 1.12 bits per heavy atom. The third kappa shape index (κ3) is 6.43. The van der Waals surface area contributed by atoms with Gasteiger partial charge in [0.1, 0.15) is 6.10 Å². The maximum Gasteiger partial charge on any atom is 1.00 e. The number of nitrogens with one attached hydrogen (secondary N) is 1. The molecule has 33 heavy (non-hydrogen) atoms. The first kappa shape index (κ1) is 27.0. The zero-order valence-electron chi connectivity index (χ0n) is 17.8. The quantitative estimate of drug-likeness (QED) is 0.343. The van der Waals surface area contributed by atoms with E-state index in [-0.39, 0.29) is 45.8 Å². The van der Waals surface area contributed by atoms with Crippen LogP contribution in [-0.2, 0) is 25.8 Å². The van der Waals surface area contributed by atoms with Crippen LogP contribution in [0.5, 0.6) is 0 Å². The summed E-state index contributed by atoms with van der Waals surface area (Å²) in [6, 6.07) is 12.5. The molecule has 1 heterocycles. The Morgan fingerprint density at radius 2 is 1.70 bits per heavy atom. The van der Waals surface area contributed by atoms with Crippen LogP contribution in [0.25, 0.3) is 16.9 Å². The maximum atomic E-state index is 13.3. The van der Waals surface area contributed by atoms with E-state index in [0.717, 1.165) is 35.4 Å². The number of carboxylic acid groups (broad SMARTS) is 1. The molecule has 1 aromatic heterocycles. The second-order valence-electron chi connectivity index (χ2n) is 6.85. The van der Waals surface area contributed by atoms with Gasteiger partial charge in [0.2, 0.25) is 0 Å². The zero-order valence-corrected chi connectivity index (χ0v) is 20.6. The fourth-order valence-corrected chi connectivity index (χ4v) is 3.51. The van der Waals surface area contributed by atoms with E-state index in [2.05, 4.69) is 9.94 Å². The first-order valence-electron chi connectivity index (χ1n) is 9.11. The van der Waals surface area contributed by atoms with Gasteiger partial charge in [-0.15, -0.1) is 0 Å². The standard InChI is InChI=1S/C20H18F3N3O5S.Na/c1-12-3-5-14(6-4-12)17-11-18(20(21,22)23)24-26(17)15-7-9-16(10-8-15)32(29,30)25-31-13(2)19(27)28;/h3-11,13,25H,1-2H3,(H,27,28);/q;+1/p-1. The summed E-state index contributed by atoms with van der Waals surface area (Å²) in [4.78, 5) is 16.5. The molecule has 13 heteroatoms. The average Bonchev–Trinajstić information content (AvgIpc) is 3.18. The maximum absolute atomic E-state index is 13.3. The minimum atomic E-state index is -4.68. The summed E-state index contributed by atoms with van der Waals surface area (Å²) in [6.45, 7) is 2.91. The molecule has 0 spiro atoms. The smallest absolute Gasteiger partial charge is 0.547 e. The molecule has 3 rings (SSSR count). The Hall–Kier alpha value is -2.22. The van der Waals surface area contributed by atoms with Crippen LogP contribution in [0.2, 0.25) is 0 Å². The number of sulfonamides is 1. The minimum absolute atomic E-state index is 0. The summed E-state index contributed by atoms with van der Waals surface area (Å²) in [6.07, 6.45) is -6.21. The third-order valence-corrected chi connectivity index (χ3v) is 5.61. The zero-order chi connectivity index (χ0) is 23.7. The van der Waals surface area contributed by atoms with E-state index in [4.69, 9.17) is 0 Å². The van der Waals surface area contributed by atoms with Gasteiger partial charge in [-0.05, 0) is 44.2 Å². The molecule has 0 amide bonds. The van der Waals surface area contributed by atoms with Crippen LogP contribution in [0.3, 0.4) is 0 Å². The Bertz CT molecular complexity index is 1230. The number of benzene rings is 2. The summed E-state index contributed by atoms with van der Waals surface area (Å²) >= 11 is 0. The molecule has 0 fully saturated rings. The minimum Gasteiger partial charge on any atom is -0.547 e. The molecule has 0 saturated heterocycles. The number of hydrogen-bond acceptors (Lipinski definition) is 6. The molecule has 1 atom stereocenters. The Balaban J connectivity index is 0.00000385. The van der Waals surface area contributed by atoms with Gasteiger partial charge in [-0.1, -0.05) is 34.7 Å². The number of hydrogen-bond donors (Lipinski definition) is 1. The van der Waals surface area contributed by atoms with Crippen LogP contribution >= 0.6 is 0 Å². The molecule has 0 bridgehead atoms. The van der Waals surface area contributed by atoms with Gasteiger partial charge in [-0.25, -0.2) is 13.1 Å². The molecular formula is C20H17F3N3NaO5S. The summed E-state index contributed by atoms with van der Waals surface area (Å²) in [5.74, 6) is -1.62. The second-order valence-corrected chi connectivity index (χ2v) is 8.50. The molecular weight excluding hydrogens is 474 g/mol. The van der Waals surface area contributed by atoms with Crippen molar-refractivity contribution in [2.75, 3.05) is 0 Å². The number of rotatable bonds is 7. The predicted molar refractivity (Wildman–Crippen MR) is 105 cm³/mol. The number of nitrogens with zero attached hydrogens (tertiary/aromatic N) is 2. The van der Waals surface area contributed by atoms with Crippen molar-refractivity contribution in [1.82, 2.24) is 14.7 Å². The van der Waals surface area contributed by atoms with Gasteiger partial charge >= 0.3 is 35.7 Å². The molecule has 8 nitrogen and oxygen atoms in total. The third-order valence-electron chi connectivity index (χ3n) is 4.41. The molecule has 2 aromatic carbocycles. The van der Waals surface area contributed by atoms with Gasteiger partial charge in [-0.3, -0.25) is 4.84 Å². The van der Waals surface area contributed by atoms with Gasteiger partial charge < -0.3 is 9.90 Å². The predicted octanol–water partition coefficient (Wildman–Crippen LogP) is -0.781. The molecule has 0 saturated carbocycles. The van der Waals surface area contributed by atoms with Gasteiger partial charge in [-0.2, -0.15) is 18.3 Å². The summed E-state index contributed by atoms with van der Waals surface area (Å²) < 4.78 is 65.4. The van der Waals surface area contributed by atoms with Gasteiger partial charge in [0.05, 0.1) is 22.2 Å². The van der Waals surface area contributed by atoms with E-state index in [0.29, 0.717) is 5.56 Å². The van der Waals surface area contributed by atoms with Crippen molar-refractivity contribution in [3.8, 4) is 16.9 Å². The Labute approximate surface area is 209 Å². The van der Waals surface area contributed by atoms with Crippen molar-refractivity contribution in [1.29, 1.82) is 0 Å². The Kier molecular flexibility index (Phi) is 8.49.